The second kappa shape index (κ2) is 7.86. The molecule has 7 nitrogen and oxygen atoms in total. The molecule has 0 fully saturated rings. The molecule has 1 aliphatic rings. The lowest BCUT2D eigenvalue weighted by Gasteiger charge is -2.29. The van der Waals surface area contributed by atoms with E-state index < -0.39 is 5.97 Å². The van der Waals surface area contributed by atoms with Gasteiger partial charge in [-0.2, -0.15) is 0 Å². The maximum Gasteiger partial charge on any atom is 0.337 e. The van der Waals surface area contributed by atoms with Crippen molar-refractivity contribution in [3.63, 3.8) is 0 Å². The van der Waals surface area contributed by atoms with Crippen molar-refractivity contribution < 1.29 is 19.4 Å². The highest BCUT2D eigenvalue weighted by Gasteiger charge is 2.24. The summed E-state index contributed by atoms with van der Waals surface area (Å²) in [6, 6.07) is 7.59. The maximum absolute atomic E-state index is 12.4. The number of nitrogens with zero attached hydrogens (tertiary/aromatic N) is 2. The molecule has 0 saturated heterocycles. The summed E-state index contributed by atoms with van der Waals surface area (Å²) in [7, 11) is 1.63. The van der Waals surface area contributed by atoms with Crippen molar-refractivity contribution >= 4 is 12.0 Å². The number of hydrogen-bond donors (Lipinski definition) is 2. The summed E-state index contributed by atoms with van der Waals surface area (Å²) in [4.78, 5) is 29.3. The zero-order valence-corrected chi connectivity index (χ0v) is 14.6. The Bertz CT molecular complexity index is 805. The lowest BCUT2D eigenvalue weighted by Crippen LogP contribution is -2.43. The molecule has 2 N–H and O–H groups in total. The molecule has 26 heavy (non-hydrogen) atoms. The number of ether oxygens (including phenoxy) is 1. The number of methoxy groups -OCH3 is 1. The molecule has 7 heteroatoms. The Hall–Kier alpha value is -3.09. The van der Waals surface area contributed by atoms with Crippen LogP contribution in [0.25, 0.3) is 0 Å². The maximum atomic E-state index is 12.4. The van der Waals surface area contributed by atoms with Gasteiger partial charge in [-0.15, -0.1) is 0 Å². The van der Waals surface area contributed by atoms with Crippen molar-refractivity contribution in [3.05, 3.63) is 58.9 Å². The van der Waals surface area contributed by atoms with Gasteiger partial charge < -0.3 is 20.1 Å². The molecule has 3 rings (SSSR count). The number of amides is 2. The minimum Gasteiger partial charge on any atom is -0.497 e. The van der Waals surface area contributed by atoms with E-state index in [9.17, 15) is 14.7 Å². The van der Waals surface area contributed by atoms with Crippen LogP contribution in [0.3, 0.4) is 0 Å². The molecule has 2 aromatic rings. The van der Waals surface area contributed by atoms with Crippen LogP contribution in [0.4, 0.5) is 4.79 Å². The first kappa shape index (κ1) is 17.7. The van der Waals surface area contributed by atoms with Crippen LogP contribution in [-0.4, -0.2) is 47.2 Å². The smallest absolute Gasteiger partial charge is 0.337 e. The molecule has 2 amide bonds. The molecule has 136 valence electrons. The quantitative estimate of drug-likeness (QED) is 0.857. The molecule has 0 radical (unpaired) electrons. The standard InChI is InChI=1S/C19H21N3O4/c1-26-15-4-2-13(3-5-15)6-8-21-19(25)22-9-7-16-14(12-22)10-20-11-17(16)18(23)24/h2-5,10-11H,6-9,12H2,1H3,(H,21,25)(H,23,24). The van der Waals surface area contributed by atoms with Gasteiger partial charge in [-0.05, 0) is 41.7 Å². The number of carbonyl (C=O) groups is 2. The van der Waals surface area contributed by atoms with Crippen LogP contribution < -0.4 is 10.1 Å². The number of aromatic nitrogens is 1. The number of hydrogen-bond acceptors (Lipinski definition) is 4. The fourth-order valence-corrected chi connectivity index (χ4v) is 3.07. The molecule has 0 atom stereocenters. The summed E-state index contributed by atoms with van der Waals surface area (Å²) in [5.41, 5.74) is 2.91. The van der Waals surface area contributed by atoms with Crippen LogP contribution >= 0.6 is 0 Å². The highest BCUT2D eigenvalue weighted by atomic mass is 16.5. The van der Waals surface area contributed by atoms with E-state index in [1.165, 1.54) is 6.20 Å². The zero-order valence-electron chi connectivity index (χ0n) is 14.6. The molecular formula is C19H21N3O4. The molecule has 2 heterocycles. The molecule has 0 spiro atoms. The number of fused-ring (bicyclic) bond motifs is 1. The number of carboxylic acids is 1. The van der Waals surface area contributed by atoms with Crippen molar-refractivity contribution in [2.75, 3.05) is 20.2 Å². The van der Waals surface area contributed by atoms with E-state index in [0.29, 0.717) is 26.1 Å². The van der Waals surface area contributed by atoms with Crippen molar-refractivity contribution in [1.82, 2.24) is 15.2 Å². The summed E-state index contributed by atoms with van der Waals surface area (Å²) in [6.45, 7) is 1.39. The molecule has 1 aromatic carbocycles. The Kier molecular flexibility index (Phi) is 5.36. The van der Waals surface area contributed by atoms with Crippen molar-refractivity contribution in [1.29, 1.82) is 0 Å². The van der Waals surface area contributed by atoms with Gasteiger partial charge in [0.15, 0.2) is 0 Å². The van der Waals surface area contributed by atoms with Crippen molar-refractivity contribution in [3.8, 4) is 5.75 Å². The van der Waals surface area contributed by atoms with Gasteiger partial charge >= 0.3 is 12.0 Å². The van der Waals surface area contributed by atoms with E-state index >= 15 is 0 Å². The molecule has 1 aromatic heterocycles. The Labute approximate surface area is 151 Å². The highest BCUT2D eigenvalue weighted by Crippen LogP contribution is 2.21. The first-order chi connectivity index (χ1) is 12.6. The zero-order chi connectivity index (χ0) is 18.5. The minimum atomic E-state index is -0.980. The van der Waals surface area contributed by atoms with Gasteiger partial charge in [0.1, 0.15) is 5.75 Å². The van der Waals surface area contributed by atoms with Gasteiger partial charge in [-0.25, -0.2) is 9.59 Å². The van der Waals surface area contributed by atoms with Gasteiger partial charge in [0.2, 0.25) is 0 Å². The monoisotopic (exact) mass is 355 g/mol. The largest absolute Gasteiger partial charge is 0.497 e. The lowest BCUT2D eigenvalue weighted by atomic mass is 9.97. The second-order valence-corrected chi connectivity index (χ2v) is 6.13. The van der Waals surface area contributed by atoms with Crippen LogP contribution in [0.5, 0.6) is 5.75 Å². The van der Waals surface area contributed by atoms with E-state index in [1.54, 1.807) is 18.2 Å². The fraction of sp³-hybridized carbons (Fsp3) is 0.316. The molecule has 0 aliphatic carbocycles. The lowest BCUT2D eigenvalue weighted by molar-refractivity contribution is 0.0694. The van der Waals surface area contributed by atoms with Crippen molar-refractivity contribution in [2.24, 2.45) is 0 Å². The number of nitrogens with one attached hydrogen (secondary N) is 1. The number of rotatable bonds is 5. The summed E-state index contributed by atoms with van der Waals surface area (Å²) >= 11 is 0. The first-order valence-corrected chi connectivity index (χ1v) is 8.43. The van der Waals surface area contributed by atoms with Crippen LogP contribution in [0.1, 0.15) is 27.0 Å². The van der Waals surface area contributed by atoms with Crippen LogP contribution in [0.2, 0.25) is 0 Å². The van der Waals surface area contributed by atoms with Gasteiger partial charge in [-0.3, -0.25) is 4.98 Å². The Balaban J connectivity index is 1.54. The summed E-state index contributed by atoms with van der Waals surface area (Å²) in [5, 5.41) is 12.1. The van der Waals surface area contributed by atoms with Crippen molar-refractivity contribution in [2.45, 2.75) is 19.4 Å². The SMILES string of the molecule is COc1ccc(CCNC(=O)N2CCc3c(cncc3C(=O)O)C2)cc1. The number of urea groups is 1. The Morgan fingerprint density at radius 3 is 2.73 bits per heavy atom. The van der Waals surface area contributed by atoms with E-state index in [2.05, 4.69) is 10.3 Å². The number of aromatic carboxylic acids is 1. The summed E-state index contributed by atoms with van der Waals surface area (Å²) in [5.74, 6) is -0.175. The second-order valence-electron chi connectivity index (χ2n) is 6.13. The van der Waals surface area contributed by atoms with E-state index in [0.717, 1.165) is 28.9 Å². The van der Waals surface area contributed by atoms with Gasteiger partial charge in [0.25, 0.3) is 0 Å². The first-order valence-electron chi connectivity index (χ1n) is 8.43. The molecule has 0 saturated carbocycles. The van der Waals surface area contributed by atoms with Crippen LogP contribution in [-0.2, 0) is 19.4 Å². The third-order valence-corrected chi connectivity index (χ3v) is 4.51. The Morgan fingerprint density at radius 2 is 2.04 bits per heavy atom. The molecular weight excluding hydrogens is 334 g/mol. The van der Waals surface area contributed by atoms with Crippen LogP contribution in [0, 0.1) is 0 Å². The van der Waals surface area contributed by atoms with Gasteiger partial charge in [0.05, 0.1) is 12.7 Å². The number of pyridine rings is 1. The third-order valence-electron chi connectivity index (χ3n) is 4.51. The number of carboxylic acid groups (broad SMARTS) is 1. The number of benzene rings is 1. The minimum absolute atomic E-state index is 0.148. The fourth-order valence-electron chi connectivity index (χ4n) is 3.07. The molecule has 0 unspecified atom stereocenters. The topological polar surface area (TPSA) is 91.8 Å². The van der Waals surface area contributed by atoms with Gasteiger partial charge in [-0.1, -0.05) is 12.1 Å². The predicted octanol–water partition coefficient (Wildman–Crippen LogP) is 2.10. The average Bonchev–Trinajstić information content (AvgIpc) is 2.67. The summed E-state index contributed by atoms with van der Waals surface area (Å²) < 4.78 is 5.12. The average molecular weight is 355 g/mol. The van der Waals surface area contributed by atoms with E-state index in [-0.39, 0.29) is 11.6 Å². The predicted molar refractivity (Wildman–Crippen MR) is 95.4 cm³/mol. The molecule has 0 bridgehead atoms. The third kappa shape index (κ3) is 3.93. The molecule has 1 aliphatic heterocycles. The van der Waals surface area contributed by atoms with E-state index in [4.69, 9.17) is 4.74 Å². The Morgan fingerprint density at radius 1 is 1.27 bits per heavy atom. The summed E-state index contributed by atoms with van der Waals surface area (Å²) in [6.07, 6.45) is 4.25. The number of carbonyl (C=O) groups excluding carboxylic acids is 1. The van der Waals surface area contributed by atoms with E-state index in [1.807, 2.05) is 24.3 Å². The highest BCUT2D eigenvalue weighted by molar-refractivity contribution is 5.89. The van der Waals surface area contributed by atoms with Gasteiger partial charge in [0, 0.05) is 32.0 Å². The normalized spacial score (nSPS) is 13.0. The van der Waals surface area contributed by atoms with Crippen LogP contribution in [0.15, 0.2) is 36.7 Å².